The second-order valence-corrected chi connectivity index (χ2v) is 4.44. The van der Waals surface area contributed by atoms with Crippen molar-refractivity contribution in [3.05, 3.63) is 29.8 Å². The van der Waals surface area contributed by atoms with E-state index in [1.165, 1.54) is 34.9 Å². The quantitative estimate of drug-likeness (QED) is 0.652. The summed E-state index contributed by atoms with van der Waals surface area (Å²) in [4.78, 5) is 34.1. The van der Waals surface area contributed by atoms with Gasteiger partial charge in [-0.15, -0.1) is 0 Å². The number of primary amides is 1. The number of rotatable bonds is 6. The van der Waals surface area contributed by atoms with Gasteiger partial charge in [0.15, 0.2) is 0 Å². The van der Waals surface area contributed by atoms with Crippen LogP contribution in [0.3, 0.4) is 0 Å². The van der Waals surface area contributed by atoms with Crippen LogP contribution in [0.5, 0.6) is 0 Å². The van der Waals surface area contributed by atoms with E-state index < -0.39 is 17.8 Å². The fourth-order valence-electron chi connectivity index (χ4n) is 1.93. The molecule has 0 aliphatic rings. The molecular weight excluding hydrogens is 292 g/mol. The summed E-state index contributed by atoms with van der Waals surface area (Å²) < 4.78 is 2.47. The highest BCUT2D eigenvalue weighted by Gasteiger charge is 2.17. The highest BCUT2D eigenvalue weighted by atomic mass is 16.4. The van der Waals surface area contributed by atoms with Crippen molar-refractivity contribution in [2.24, 2.45) is 12.8 Å². The van der Waals surface area contributed by atoms with Gasteiger partial charge in [-0.2, -0.15) is 10.2 Å². The maximum absolute atomic E-state index is 11.9. The molecule has 0 spiro atoms. The number of anilines is 1. The molecule has 0 radical (unpaired) electrons. The SMILES string of the molecule is Cn1ncc(NC(=O)CCn2nccc2C(=O)O)c1C(N)=O. The van der Waals surface area contributed by atoms with Crippen LogP contribution in [0.1, 0.15) is 27.4 Å². The summed E-state index contributed by atoms with van der Waals surface area (Å²) in [7, 11) is 1.53. The second-order valence-electron chi connectivity index (χ2n) is 4.44. The Balaban J connectivity index is 2.01. The smallest absolute Gasteiger partial charge is 0.354 e. The largest absolute Gasteiger partial charge is 0.477 e. The van der Waals surface area contributed by atoms with E-state index in [1.54, 1.807) is 0 Å². The van der Waals surface area contributed by atoms with Crippen LogP contribution in [-0.2, 0) is 18.4 Å². The molecule has 2 heterocycles. The average molecular weight is 306 g/mol. The Labute approximate surface area is 124 Å². The number of carbonyl (C=O) groups is 3. The monoisotopic (exact) mass is 306 g/mol. The molecule has 2 aromatic heterocycles. The van der Waals surface area contributed by atoms with Crippen molar-refractivity contribution in [1.29, 1.82) is 0 Å². The number of nitrogens with two attached hydrogens (primary N) is 1. The van der Waals surface area contributed by atoms with Crippen LogP contribution < -0.4 is 11.1 Å². The van der Waals surface area contributed by atoms with E-state index in [0.29, 0.717) is 0 Å². The summed E-state index contributed by atoms with van der Waals surface area (Å²) in [6.07, 6.45) is 2.64. The summed E-state index contributed by atoms with van der Waals surface area (Å²) >= 11 is 0. The third-order valence-electron chi connectivity index (χ3n) is 2.93. The van der Waals surface area contributed by atoms with E-state index in [4.69, 9.17) is 10.8 Å². The standard InChI is InChI=1S/C12H14N6O4/c1-17-10(11(13)20)7(6-15-17)16-9(19)3-5-18-8(12(21)22)2-4-14-18/h2,4,6H,3,5H2,1H3,(H2,13,20)(H,16,19)(H,21,22). The molecule has 10 heteroatoms. The minimum atomic E-state index is -1.12. The van der Waals surface area contributed by atoms with Gasteiger partial charge in [0.1, 0.15) is 11.4 Å². The lowest BCUT2D eigenvalue weighted by Gasteiger charge is -2.06. The van der Waals surface area contributed by atoms with Crippen LogP contribution in [0.15, 0.2) is 18.5 Å². The maximum atomic E-state index is 11.9. The molecule has 116 valence electrons. The van der Waals surface area contributed by atoms with Crippen molar-refractivity contribution in [3.63, 3.8) is 0 Å². The molecule has 0 aliphatic heterocycles. The third kappa shape index (κ3) is 3.11. The van der Waals surface area contributed by atoms with Crippen molar-refractivity contribution in [3.8, 4) is 0 Å². The first-order valence-electron chi connectivity index (χ1n) is 6.27. The van der Waals surface area contributed by atoms with E-state index in [0.717, 1.165) is 0 Å². The first kappa shape index (κ1) is 15.2. The molecule has 2 amide bonds. The van der Waals surface area contributed by atoms with E-state index in [-0.39, 0.29) is 30.0 Å². The predicted octanol–water partition coefficient (Wildman–Crippen LogP) is -0.557. The van der Waals surface area contributed by atoms with Crippen LogP contribution in [0, 0.1) is 0 Å². The van der Waals surface area contributed by atoms with Gasteiger partial charge in [-0.05, 0) is 6.07 Å². The van der Waals surface area contributed by atoms with Crippen LogP contribution >= 0.6 is 0 Å². The van der Waals surface area contributed by atoms with E-state index >= 15 is 0 Å². The molecule has 0 atom stereocenters. The summed E-state index contributed by atoms with van der Waals surface area (Å²) in [5.74, 6) is -2.25. The van der Waals surface area contributed by atoms with Gasteiger partial charge in [0.2, 0.25) is 5.91 Å². The van der Waals surface area contributed by atoms with Gasteiger partial charge in [0.25, 0.3) is 5.91 Å². The third-order valence-corrected chi connectivity index (χ3v) is 2.93. The van der Waals surface area contributed by atoms with Crippen molar-refractivity contribution in [2.75, 3.05) is 5.32 Å². The van der Waals surface area contributed by atoms with Gasteiger partial charge in [0.05, 0.1) is 18.4 Å². The summed E-state index contributed by atoms with van der Waals surface area (Å²) in [5, 5.41) is 19.1. The maximum Gasteiger partial charge on any atom is 0.354 e. The molecule has 0 aromatic carbocycles. The van der Waals surface area contributed by atoms with E-state index in [1.807, 2.05) is 0 Å². The number of carboxylic acids is 1. The number of carbonyl (C=O) groups excluding carboxylic acids is 2. The zero-order valence-electron chi connectivity index (χ0n) is 11.7. The van der Waals surface area contributed by atoms with Crippen LogP contribution in [0.2, 0.25) is 0 Å². The highest BCUT2D eigenvalue weighted by Crippen LogP contribution is 2.13. The predicted molar refractivity (Wildman–Crippen MR) is 74.2 cm³/mol. The zero-order chi connectivity index (χ0) is 16.3. The number of nitrogens with zero attached hydrogens (tertiary/aromatic N) is 4. The van der Waals surface area contributed by atoms with Gasteiger partial charge in [0, 0.05) is 19.7 Å². The Kier molecular flexibility index (Phi) is 4.20. The van der Waals surface area contributed by atoms with Gasteiger partial charge >= 0.3 is 5.97 Å². The Morgan fingerprint density at radius 1 is 1.36 bits per heavy atom. The Morgan fingerprint density at radius 2 is 2.09 bits per heavy atom. The number of nitrogens with one attached hydrogen (secondary N) is 1. The van der Waals surface area contributed by atoms with Crippen LogP contribution in [-0.4, -0.2) is 42.5 Å². The van der Waals surface area contributed by atoms with Crippen molar-refractivity contribution < 1.29 is 19.5 Å². The lowest BCUT2D eigenvalue weighted by atomic mass is 10.3. The van der Waals surface area contributed by atoms with Gasteiger partial charge < -0.3 is 16.2 Å². The normalized spacial score (nSPS) is 10.4. The number of aryl methyl sites for hydroxylation is 2. The molecule has 10 nitrogen and oxygen atoms in total. The second kappa shape index (κ2) is 6.08. The summed E-state index contributed by atoms with van der Waals surface area (Å²) in [6, 6.07) is 1.34. The van der Waals surface area contributed by atoms with E-state index in [2.05, 4.69) is 15.5 Å². The van der Waals surface area contributed by atoms with Crippen molar-refractivity contribution >= 4 is 23.5 Å². The lowest BCUT2D eigenvalue weighted by molar-refractivity contribution is -0.116. The highest BCUT2D eigenvalue weighted by molar-refractivity contribution is 6.01. The molecule has 2 aromatic rings. The Bertz CT molecular complexity index is 732. The zero-order valence-corrected chi connectivity index (χ0v) is 11.7. The minimum Gasteiger partial charge on any atom is -0.477 e. The average Bonchev–Trinajstić information content (AvgIpc) is 3.03. The van der Waals surface area contributed by atoms with Crippen molar-refractivity contribution in [1.82, 2.24) is 19.6 Å². The molecule has 4 N–H and O–H groups in total. The first-order chi connectivity index (χ1) is 10.4. The van der Waals surface area contributed by atoms with Gasteiger partial charge in [-0.25, -0.2) is 4.79 Å². The molecule has 0 aliphatic carbocycles. The summed E-state index contributed by atoms with van der Waals surface area (Å²) in [5.41, 5.74) is 5.49. The molecule has 0 fully saturated rings. The van der Waals surface area contributed by atoms with Gasteiger partial charge in [-0.1, -0.05) is 0 Å². The number of amides is 2. The lowest BCUT2D eigenvalue weighted by Crippen LogP contribution is -2.21. The van der Waals surface area contributed by atoms with Crippen LogP contribution in [0.4, 0.5) is 5.69 Å². The van der Waals surface area contributed by atoms with Gasteiger partial charge in [-0.3, -0.25) is 19.0 Å². The fourth-order valence-corrected chi connectivity index (χ4v) is 1.93. The number of hydrogen-bond acceptors (Lipinski definition) is 5. The van der Waals surface area contributed by atoms with Crippen molar-refractivity contribution in [2.45, 2.75) is 13.0 Å². The molecule has 2 rings (SSSR count). The Hall–Kier alpha value is -3.17. The number of hydrogen-bond donors (Lipinski definition) is 3. The molecule has 22 heavy (non-hydrogen) atoms. The first-order valence-corrected chi connectivity index (χ1v) is 6.27. The van der Waals surface area contributed by atoms with E-state index in [9.17, 15) is 14.4 Å². The minimum absolute atomic E-state index is 0.00740. The Morgan fingerprint density at radius 3 is 2.73 bits per heavy atom. The number of aromatic carboxylic acids is 1. The van der Waals surface area contributed by atoms with Crippen LogP contribution in [0.25, 0.3) is 0 Å². The number of carboxylic acid groups (broad SMARTS) is 1. The molecule has 0 unspecified atom stereocenters. The fraction of sp³-hybridized carbons (Fsp3) is 0.250. The number of aromatic nitrogens is 4. The summed E-state index contributed by atoms with van der Waals surface area (Å²) in [6.45, 7) is 0.0899. The topological polar surface area (TPSA) is 145 Å². The molecule has 0 saturated heterocycles. The molecular formula is C12H14N6O4. The molecule has 0 bridgehead atoms. The molecule has 0 saturated carbocycles.